The van der Waals surface area contributed by atoms with Crippen LogP contribution in [0, 0.1) is 0 Å². The SMILES string of the molecule is CC1(C)c2ccccc2-c2c1ccc1c2sc2c(-c3ccc(-c4ccc5c(c4)c4cc(-c6cccc7ccccc67)ccc4n5-c4ccccc4)cc3)cccc21. The van der Waals surface area contributed by atoms with E-state index in [9.17, 15) is 0 Å². The van der Waals surface area contributed by atoms with Crippen LogP contribution in [0.4, 0.5) is 0 Å². The van der Waals surface area contributed by atoms with Gasteiger partial charge in [0.25, 0.3) is 0 Å². The van der Waals surface area contributed by atoms with Gasteiger partial charge < -0.3 is 4.57 Å². The Kier molecular flexibility index (Phi) is 6.91. The standard InChI is InChI=1S/C55H37NS/c1-55(2)48-21-9-8-17-45(48)52-49(55)29-28-44-43-20-11-19-42(53(43)57-54(44)52)36-24-22-34(23-25-36)37-26-30-50-46(32-37)47-33-38(41-18-10-13-35-12-6-7-16-40(35)41)27-31-51(47)56(50)39-14-4-3-5-15-39/h3-33H,1-2H3. The van der Waals surface area contributed by atoms with Gasteiger partial charge in [-0.25, -0.2) is 0 Å². The maximum absolute atomic E-state index is 2.41. The molecule has 57 heavy (non-hydrogen) atoms. The van der Waals surface area contributed by atoms with E-state index in [1.54, 1.807) is 0 Å². The topological polar surface area (TPSA) is 4.93 Å². The number of thiophene rings is 1. The van der Waals surface area contributed by atoms with Gasteiger partial charge in [0.05, 0.1) is 11.0 Å². The van der Waals surface area contributed by atoms with Crippen molar-refractivity contribution in [2.24, 2.45) is 0 Å². The van der Waals surface area contributed by atoms with Crippen LogP contribution in [0.2, 0.25) is 0 Å². The summed E-state index contributed by atoms with van der Waals surface area (Å²) in [5.41, 5.74) is 16.7. The van der Waals surface area contributed by atoms with Crippen LogP contribution in [-0.4, -0.2) is 4.57 Å². The molecule has 0 radical (unpaired) electrons. The molecule has 1 aliphatic rings. The largest absolute Gasteiger partial charge is 0.309 e. The van der Waals surface area contributed by atoms with Gasteiger partial charge in [-0.15, -0.1) is 11.3 Å². The van der Waals surface area contributed by atoms with Crippen LogP contribution >= 0.6 is 11.3 Å². The van der Waals surface area contributed by atoms with Gasteiger partial charge in [0.1, 0.15) is 0 Å². The first-order valence-corrected chi connectivity index (χ1v) is 20.7. The molecular weight excluding hydrogens is 707 g/mol. The monoisotopic (exact) mass is 743 g/mol. The van der Waals surface area contributed by atoms with Gasteiger partial charge in [-0.1, -0.05) is 166 Å². The molecule has 0 saturated carbocycles. The van der Waals surface area contributed by atoms with E-state index in [-0.39, 0.29) is 5.41 Å². The fraction of sp³-hybridized carbons (Fsp3) is 0.0545. The number of para-hydroxylation sites is 1. The zero-order chi connectivity index (χ0) is 37.8. The summed E-state index contributed by atoms with van der Waals surface area (Å²) in [6, 6.07) is 69.8. The van der Waals surface area contributed by atoms with E-state index in [0.717, 1.165) is 0 Å². The molecule has 0 aliphatic heterocycles. The summed E-state index contributed by atoms with van der Waals surface area (Å²) in [6.07, 6.45) is 0. The van der Waals surface area contributed by atoms with Crippen molar-refractivity contribution in [3.8, 4) is 50.2 Å². The fourth-order valence-corrected chi connectivity index (χ4v) is 11.2. The smallest absolute Gasteiger partial charge is 0.0541 e. The minimum Gasteiger partial charge on any atom is -0.309 e. The first-order valence-electron chi connectivity index (χ1n) is 19.8. The number of rotatable bonds is 4. The Bertz CT molecular complexity index is 3410. The summed E-state index contributed by atoms with van der Waals surface area (Å²) < 4.78 is 5.16. The Morgan fingerprint density at radius 3 is 1.82 bits per heavy atom. The second-order valence-corrected chi connectivity index (χ2v) is 17.1. The fourth-order valence-electron chi connectivity index (χ4n) is 9.81. The molecule has 1 aliphatic carbocycles. The zero-order valence-electron chi connectivity index (χ0n) is 31.8. The molecule has 9 aromatic carbocycles. The molecule has 11 aromatic rings. The second kappa shape index (κ2) is 12.1. The second-order valence-electron chi connectivity index (χ2n) is 16.1. The highest BCUT2D eigenvalue weighted by Gasteiger charge is 2.36. The summed E-state index contributed by atoms with van der Waals surface area (Å²) in [5, 5.41) is 7.73. The first-order chi connectivity index (χ1) is 28.0. The van der Waals surface area contributed by atoms with Gasteiger partial charge in [0, 0.05) is 47.6 Å². The van der Waals surface area contributed by atoms with Crippen molar-refractivity contribution in [3.63, 3.8) is 0 Å². The maximum atomic E-state index is 2.41. The van der Waals surface area contributed by atoms with Crippen LogP contribution in [0.5, 0.6) is 0 Å². The molecule has 12 rings (SSSR count). The van der Waals surface area contributed by atoms with Crippen LogP contribution in [0.3, 0.4) is 0 Å². The molecule has 2 heterocycles. The average molecular weight is 744 g/mol. The molecule has 1 nitrogen and oxygen atoms in total. The van der Waals surface area contributed by atoms with Crippen molar-refractivity contribution < 1.29 is 0 Å². The summed E-state index contributed by atoms with van der Waals surface area (Å²) >= 11 is 1.95. The maximum Gasteiger partial charge on any atom is 0.0541 e. The third-order valence-corrected chi connectivity index (χ3v) is 13.9. The van der Waals surface area contributed by atoms with Gasteiger partial charge in [-0.05, 0) is 97.2 Å². The van der Waals surface area contributed by atoms with Crippen molar-refractivity contribution >= 4 is 64.1 Å². The van der Waals surface area contributed by atoms with Crippen LogP contribution < -0.4 is 0 Å². The van der Waals surface area contributed by atoms with Crippen molar-refractivity contribution in [1.82, 2.24) is 4.57 Å². The summed E-state index contributed by atoms with van der Waals surface area (Å²) in [5.74, 6) is 0. The Morgan fingerprint density at radius 2 is 0.982 bits per heavy atom. The minimum absolute atomic E-state index is 0.00645. The highest BCUT2D eigenvalue weighted by Crippen LogP contribution is 2.54. The van der Waals surface area contributed by atoms with Crippen LogP contribution in [0.1, 0.15) is 25.0 Å². The molecule has 0 fully saturated rings. The summed E-state index contributed by atoms with van der Waals surface area (Å²) in [6.45, 7) is 4.73. The lowest BCUT2D eigenvalue weighted by molar-refractivity contribution is 0.661. The highest BCUT2D eigenvalue weighted by molar-refractivity contribution is 7.27. The average Bonchev–Trinajstić information content (AvgIpc) is 3.89. The van der Waals surface area contributed by atoms with E-state index in [2.05, 4.69) is 206 Å². The van der Waals surface area contributed by atoms with E-state index < -0.39 is 0 Å². The molecule has 268 valence electrons. The van der Waals surface area contributed by atoms with Crippen molar-refractivity contribution in [3.05, 3.63) is 199 Å². The summed E-state index contributed by atoms with van der Waals surface area (Å²) in [4.78, 5) is 0. The minimum atomic E-state index is -0.00645. The van der Waals surface area contributed by atoms with Crippen molar-refractivity contribution in [2.45, 2.75) is 19.3 Å². The number of fused-ring (bicyclic) bond motifs is 11. The third kappa shape index (κ3) is 4.75. The van der Waals surface area contributed by atoms with Gasteiger partial charge >= 0.3 is 0 Å². The van der Waals surface area contributed by atoms with Crippen LogP contribution in [0.15, 0.2) is 188 Å². The van der Waals surface area contributed by atoms with E-state index in [4.69, 9.17) is 0 Å². The summed E-state index contributed by atoms with van der Waals surface area (Å²) in [7, 11) is 0. The Balaban J connectivity index is 0.984. The molecular formula is C55H37NS. The van der Waals surface area contributed by atoms with E-state index >= 15 is 0 Å². The number of hydrogen-bond donors (Lipinski definition) is 0. The van der Waals surface area contributed by atoms with Gasteiger partial charge in [0.2, 0.25) is 0 Å². The quantitative estimate of drug-likeness (QED) is 0.169. The molecule has 0 unspecified atom stereocenters. The Labute approximate surface area is 335 Å². The predicted molar refractivity (Wildman–Crippen MR) is 245 cm³/mol. The van der Waals surface area contributed by atoms with Gasteiger partial charge in [0.15, 0.2) is 0 Å². The Morgan fingerprint density at radius 1 is 0.386 bits per heavy atom. The highest BCUT2D eigenvalue weighted by atomic mass is 32.1. The van der Waals surface area contributed by atoms with Crippen molar-refractivity contribution in [2.75, 3.05) is 0 Å². The molecule has 0 saturated heterocycles. The van der Waals surface area contributed by atoms with Crippen molar-refractivity contribution in [1.29, 1.82) is 0 Å². The Hall–Kier alpha value is -6.74. The third-order valence-electron chi connectivity index (χ3n) is 12.6. The number of aromatic nitrogens is 1. The van der Waals surface area contributed by atoms with Crippen LogP contribution in [-0.2, 0) is 5.41 Å². The lowest BCUT2D eigenvalue weighted by Gasteiger charge is -2.21. The molecule has 0 spiro atoms. The predicted octanol–water partition coefficient (Wildman–Crippen LogP) is 15.6. The van der Waals surface area contributed by atoms with E-state index in [1.807, 2.05) is 11.3 Å². The molecule has 0 atom stereocenters. The number of benzene rings is 9. The normalized spacial score (nSPS) is 13.2. The molecule has 0 N–H and O–H groups in total. The molecule has 2 heteroatoms. The first kappa shape index (κ1) is 32.5. The molecule has 0 bridgehead atoms. The number of nitrogens with zero attached hydrogens (tertiary/aromatic N) is 1. The molecule has 0 amide bonds. The number of hydrogen-bond acceptors (Lipinski definition) is 1. The molecule has 2 aromatic heterocycles. The van der Waals surface area contributed by atoms with E-state index in [0.29, 0.717) is 0 Å². The van der Waals surface area contributed by atoms with Crippen LogP contribution in [0.25, 0.3) is 103 Å². The van der Waals surface area contributed by atoms with Gasteiger partial charge in [-0.2, -0.15) is 0 Å². The lowest BCUT2D eigenvalue weighted by Crippen LogP contribution is -2.14. The van der Waals surface area contributed by atoms with Gasteiger partial charge in [-0.3, -0.25) is 0 Å². The lowest BCUT2D eigenvalue weighted by atomic mass is 9.82. The zero-order valence-corrected chi connectivity index (χ0v) is 32.6. The van der Waals surface area contributed by atoms with E-state index in [1.165, 1.54) is 114 Å².